The number of hydrogen-bond donors (Lipinski definition) is 1. The summed E-state index contributed by atoms with van der Waals surface area (Å²) in [6.45, 7) is 5.05. The molecule has 0 aromatic carbocycles. The van der Waals surface area contributed by atoms with Gasteiger partial charge in [0.15, 0.2) is 5.03 Å². The molecule has 0 aliphatic rings. The number of aliphatic hydroxyl groups is 1. The minimum Gasteiger partial charge on any atom is -0.392 e. The minimum absolute atomic E-state index is 0.0111. The number of pyridine rings is 1. The van der Waals surface area contributed by atoms with Crippen LogP contribution < -0.4 is 0 Å². The van der Waals surface area contributed by atoms with Crippen molar-refractivity contribution in [3.63, 3.8) is 0 Å². The van der Waals surface area contributed by atoms with Crippen molar-refractivity contribution >= 4 is 10.0 Å². The molecule has 6 nitrogen and oxygen atoms in total. The summed E-state index contributed by atoms with van der Waals surface area (Å²) in [6, 6.07) is 2.96. The fraction of sp³-hybridized carbons (Fsp3) is 0.583. The van der Waals surface area contributed by atoms with Gasteiger partial charge in [0.25, 0.3) is 10.0 Å². The van der Waals surface area contributed by atoms with Gasteiger partial charge >= 0.3 is 0 Å². The van der Waals surface area contributed by atoms with Crippen LogP contribution in [0.1, 0.15) is 19.4 Å². The van der Waals surface area contributed by atoms with Gasteiger partial charge in [0, 0.05) is 25.9 Å². The number of nitrogens with zero attached hydrogens (tertiary/aromatic N) is 2. The summed E-state index contributed by atoms with van der Waals surface area (Å²) in [5.41, 5.74) is 0.580. The number of hydrogen-bond acceptors (Lipinski definition) is 5. The van der Waals surface area contributed by atoms with Crippen molar-refractivity contribution in [3.05, 3.63) is 23.9 Å². The Morgan fingerprint density at radius 1 is 1.37 bits per heavy atom. The third-order valence-electron chi connectivity index (χ3n) is 2.63. The second kappa shape index (κ2) is 7.54. The van der Waals surface area contributed by atoms with E-state index >= 15 is 0 Å². The summed E-state index contributed by atoms with van der Waals surface area (Å²) in [7, 11) is -3.60. The zero-order valence-corrected chi connectivity index (χ0v) is 12.1. The van der Waals surface area contributed by atoms with E-state index in [4.69, 9.17) is 9.84 Å². The standard InChI is InChI=1S/C12H20N2O4S/c1-3-14(7-8-18-4-2)19(16,17)12-6-5-11(10-15)9-13-12/h5-6,9,15H,3-4,7-8,10H2,1-2H3. The number of sulfonamides is 1. The van der Waals surface area contributed by atoms with E-state index in [1.54, 1.807) is 13.0 Å². The predicted molar refractivity (Wildman–Crippen MR) is 71.1 cm³/mol. The first-order valence-corrected chi connectivity index (χ1v) is 7.64. The molecule has 0 amide bonds. The maximum Gasteiger partial charge on any atom is 0.260 e. The van der Waals surface area contributed by atoms with Crippen LogP contribution in [-0.2, 0) is 21.4 Å². The van der Waals surface area contributed by atoms with Crippen molar-refractivity contribution in [2.75, 3.05) is 26.3 Å². The first-order valence-electron chi connectivity index (χ1n) is 6.19. The van der Waals surface area contributed by atoms with Crippen LogP contribution in [0.3, 0.4) is 0 Å². The first kappa shape index (κ1) is 16.0. The van der Waals surface area contributed by atoms with Crippen LogP contribution in [0.5, 0.6) is 0 Å². The summed E-state index contributed by atoms with van der Waals surface area (Å²) in [6.07, 6.45) is 1.36. The van der Waals surface area contributed by atoms with Crippen LogP contribution in [0.15, 0.2) is 23.4 Å². The van der Waals surface area contributed by atoms with Gasteiger partial charge in [-0.2, -0.15) is 4.31 Å². The number of rotatable bonds is 8. The van der Waals surface area contributed by atoms with E-state index in [0.29, 0.717) is 31.9 Å². The van der Waals surface area contributed by atoms with Crippen molar-refractivity contribution in [3.8, 4) is 0 Å². The second-order valence-corrected chi connectivity index (χ2v) is 5.74. The molecule has 0 saturated heterocycles. The molecular weight excluding hydrogens is 268 g/mol. The van der Waals surface area contributed by atoms with Gasteiger partial charge in [0.2, 0.25) is 0 Å². The summed E-state index contributed by atoms with van der Waals surface area (Å²) >= 11 is 0. The summed E-state index contributed by atoms with van der Waals surface area (Å²) in [5, 5.41) is 8.90. The van der Waals surface area contributed by atoms with E-state index in [1.807, 2.05) is 6.92 Å². The summed E-state index contributed by atoms with van der Waals surface area (Å²) < 4.78 is 31.1. The number of ether oxygens (including phenoxy) is 1. The maximum atomic E-state index is 12.3. The van der Waals surface area contributed by atoms with E-state index in [1.165, 1.54) is 16.6 Å². The van der Waals surface area contributed by atoms with E-state index < -0.39 is 10.0 Å². The number of aliphatic hydroxyl groups excluding tert-OH is 1. The molecular formula is C12H20N2O4S. The van der Waals surface area contributed by atoms with Gasteiger partial charge in [-0.1, -0.05) is 13.0 Å². The smallest absolute Gasteiger partial charge is 0.260 e. The average molecular weight is 288 g/mol. The van der Waals surface area contributed by atoms with Crippen LogP contribution >= 0.6 is 0 Å². The van der Waals surface area contributed by atoms with Crippen molar-refractivity contribution < 1.29 is 18.3 Å². The van der Waals surface area contributed by atoms with Gasteiger partial charge in [-0.15, -0.1) is 0 Å². The SMILES string of the molecule is CCOCCN(CC)S(=O)(=O)c1ccc(CO)cn1. The second-order valence-electron chi connectivity index (χ2n) is 3.86. The molecule has 0 spiro atoms. The molecule has 7 heteroatoms. The largest absolute Gasteiger partial charge is 0.392 e. The lowest BCUT2D eigenvalue weighted by atomic mass is 10.3. The van der Waals surface area contributed by atoms with Crippen molar-refractivity contribution in [1.82, 2.24) is 9.29 Å². The van der Waals surface area contributed by atoms with E-state index in [2.05, 4.69) is 4.98 Å². The first-order chi connectivity index (χ1) is 9.06. The van der Waals surface area contributed by atoms with Crippen LogP contribution in [0.25, 0.3) is 0 Å². The van der Waals surface area contributed by atoms with Crippen LogP contribution in [0.2, 0.25) is 0 Å². The Morgan fingerprint density at radius 2 is 2.11 bits per heavy atom. The minimum atomic E-state index is -3.60. The molecule has 0 unspecified atom stereocenters. The summed E-state index contributed by atoms with van der Waals surface area (Å²) in [4.78, 5) is 3.89. The van der Waals surface area contributed by atoms with E-state index in [-0.39, 0.29) is 11.6 Å². The van der Waals surface area contributed by atoms with Gasteiger partial charge in [-0.05, 0) is 18.6 Å². The molecule has 19 heavy (non-hydrogen) atoms. The predicted octanol–water partition coefficient (Wildman–Crippen LogP) is 0.621. The van der Waals surface area contributed by atoms with Crippen LogP contribution in [0.4, 0.5) is 0 Å². The molecule has 0 fully saturated rings. The molecule has 0 saturated carbocycles. The lowest BCUT2D eigenvalue weighted by Crippen LogP contribution is -2.34. The molecule has 108 valence electrons. The maximum absolute atomic E-state index is 12.3. The highest BCUT2D eigenvalue weighted by atomic mass is 32.2. The van der Waals surface area contributed by atoms with Gasteiger partial charge < -0.3 is 9.84 Å². The van der Waals surface area contributed by atoms with Gasteiger partial charge in [-0.25, -0.2) is 13.4 Å². The Balaban J connectivity index is 2.86. The number of aromatic nitrogens is 1. The zero-order chi connectivity index (χ0) is 14.3. The molecule has 1 rings (SSSR count). The molecule has 0 aliphatic heterocycles. The van der Waals surface area contributed by atoms with Crippen molar-refractivity contribution in [2.45, 2.75) is 25.5 Å². The Hall–Kier alpha value is -1.02. The number of likely N-dealkylation sites (N-methyl/N-ethyl adjacent to an activating group) is 1. The molecule has 0 bridgehead atoms. The van der Waals surface area contributed by atoms with E-state index in [0.717, 1.165) is 0 Å². The Morgan fingerprint density at radius 3 is 2.58 bits per heavy atom. The van der Waals surface area contributed by atoms with Crippen LogP contribution in [-0.4, -0.2) is 49.1 Å². The Bertz CT molecular complexity index is 473. The quantitative estimate of drug-likeness (QED) is 0.709. The lowest BCUT2D eigenvalue weighted by molar-refractivity contribution is 0.135. The lowest BCUT2D eigenvalue weighted by Gasteiger charge is -2.19. The van der Waals surface area contributed by atoms with Gasteiger partial charge in [-0.3, -0.25) is 0 Å². The monoisotopic (exact) mass is 288 g/mol. The third-order valence-corrected chi connectivity index (χ3v) is 4.52. The topological polar surface area (TPSA) is 79.7 Å². The molecule has 1 N–H and O–H groups in total. The van der Waals surface area contributed by atoms with Gasteiger partial charge in [0.1, 0.15) is 0 Å². The van der Waals surface area contributed by atoms with Crippen LogP contribution in [0, 0.1) is 0 Å². The van der Waals surface area contributed by atoms with E-state index in [9.17, 15) is 8.42 Å². The van der Waals surface area contributed by atoms with Crippen molar-refractivity contribution in [2.24, 2.45) is 0 Å². The highest BCUT2D eigenvalue weighted by molar-refractivity contribution is 7.89. The van der Waals surface area contributed by atoms with Gasteiger partial charge in [0.05, 0.1) is 13.2 Å². The highest BCUT2D eigenvalue weighted by Crippen LogP contribution is 2.13. The fourth-order valence-electron chi connectivity index (χ4n) is 1.55. The fourth-order valence-corrected chi connectivity index (χ4v) is 2.89. The summed E-state index contributed by atoms with van der Waals surface area (Å²) in [5.74, 6) is 0. The van der Waals surface area contributed by atoms with Crippen molar-refractivity contribution in [1.29, 1.82) is 0 Å². The zero-order valence-electron chi connectivity index (χ0n) is 11.2. The molecule has 1 aromatic heterocycles. The molecule has 0 aliphatic carbocycles. The molecule has 0 atom stereocenters. The molecule has 1 aromatic rings. The Labute approximate surface area is 114 Å². The third kappa shape index (κ3) is 4.24. The average Bonchev–Trinajstić information content (AvgIpc) is 2.43. The normalized spacial score (nSPS) is 12.0. The Kier molecular flexibility index (Phi) is 6.36. The molecule has 1 heterocycles. The molecule has 0 radical (unpaired) electrons. The highest BCUT2D eigenvalue weighted by Gasteiger charge is 2.23.